The standard InChI is InChI=1S/C18H26N2O4S/c1-24-13-14-9-10-20(12-14)18(21)15-5-4-8-17(11-15)25(22,23)19-16-6-2-3-7-16/h4-5,8,11,14,16,19H,2-3,6-7,9-10,12-13H2,1H3/t14-/m0/s1. The van der Waals surface area contributed by atoms with E-state index in [1.54, 1.807) is 30.2 Å². The van der Waals surface area contributed by atoms with Gasteiger partial charge in [0.25, 0.3) is 5.91 Å². The molecule has 138 valence electrons. The number of methoxy groups -OCH3 is 1. The molecule has 1 saturated carbocycles. The van der Waals surface area contributed by atoms with Gasteiger partial charge >= 0.3 is 0 Å². The maximum absolute atomic E-state index is 12.7. The van der Waals surface area contributed by atoms with Crippen LogP contribution in [0.4, 0.5) is 0 Å². The Balaban J connectivity index is 1.71. The third-order valence-electron chi connectivity index (χ3n) is 5.04. The van der Waals surface area contributed by atoms with Gasteiger partial charge in [-0.05, 0) is 37.5 Å². The SMILES string of the molecule is COC[C@H]1CCN(C(=O)c2cccc(S(=O)(=O)NC3CCCC3)c2)C1. The average molecular weight is 366 g/mol. The number of hydrogen-bond acceptors (Lipinski definition) is 4. The van der Waals surface area contributed by atoms with Crippen LogP contribution in [0.5, 0.6) is 0 Å². The highest BCUT2D eigenvalue weighted by Gasteiger charge is 2.28. The summed E-state index contributed by atoms with van der Waals surface area (Å²) >= 11 is 0. The van der Waals surface area contributed by atoms with E-state index >= 15 is 0 Å². The van der Waals surface area contributed by atoms with E-state index in [9.17, 15) is 13.2 Å². The molecule has 2 aliphatic rings. The lowest BCUT2D eigenvalue weighted by Gasteiger charge is -2.17. The number of hydrogen-bond donors (Lipinski definition) is 1. The molecule has 1 aliphatic heterocycles. The Morgan fingerprint density at radius 2 is 2.04 bits per heavy atom. The molecule has 1 atom stereocenters. The number of nitrogens with one attached hydrogen (secondary N) is 1. The number of ether oxygens (including phenoxy) is 1. The van der Waals surface area contributed by atoms with Crippen LogP contribution in [-0.2, 0) is 14.8 Å². The second kappa shape index (κ2) is 7.85. The van der Waals surface area contributed by atoms with Gasteiger partial charge < -0.3 is 9.64 Å². The Labute approximate surface area is 149 Å². The number of likely N-dealkylation sites (tertiary alicyclic amines) is 1. The van der Waals surface area contributed by atoms with Crippen molar-refractivity contribution in [2.75, 3.05) is 26.8 Å². The van der Waals surface area contributed by atoms with Crippen LogP contribution in [0.25, 0.3) is 0 Å². The van der Waals surface area contributed by atoms with Crippen LogP contribution in [0.15, 0.2) is 29.2 Å². The van der Waals surface area contributed by atoms with Gasteiger partial charge in [0.1, 0.15) is 0 Å². The maximum atomic E-state index is 12.7. The van der Waals surface area contributed by atoms with E-state index in [0.717, 1.165) is 32.1 Å². The van der Waals surface area contributed by atoms with Crippen molar-refractivity contribution in [1.82, 2.24) is 9.62 Å². The Bertz CT molecular complexity index is 714. The summed E-state index contributed by atoms with van der Waals surface area (Å²) in [6.07, 6.45) is 4.80. The highest BCUT2D eigenvalue weighted by atomic mass is 32.2. The van der Waals surface area contributed by atoms with Crippen LogP contribution in [0.1, 0.15) is 42.5 Å². The predicted octanol–water partition coefficient (Wildman–Crippen LogP) is 2.02. The molecule has 1 aliphatic carbocycles. The number of amides is 1. The van der Waals surface area contributed by atoms with Crippen molar-refractivity contribution in [3.05, 3.63) is 29.8 Å². The lowest BCUT2D eigenvalue weighted by Crippen LogP contribution is -2.33. The molecule has 2 fully saturated rings. The summed E-state index contributed by atoms with van der Waals surface area (Å²) in [5.41, 5.74) is 0.423. The van der Waals surface area contributed by atoms with Crippen LogP contribution < -0.4 is 4.72 Å². The van der Waals surface area contributed by atoms with E-state index < -0.39 is 10.0 Å². The van der Waals surface area contributed by atoms with Crippen molar-refractivity contribution in [2.24, 2.45) is 5.92 Å². The summed E-state index contributed by atoms with van der Waals surface area (Å²) in [6, 6.07) is 6.37. The summed E-state index contributed by atoms with van der Waals surface area (Å²) in [5.74, 6) is 0.237. The van der Waals surface area contributed by atoms with Crippen LogP contribution in [-0.4, -0.2) is 52.1 Å². The number of sulfonamides is 1. The minimum Gasteiger partial charge on any atom is -0.384 e. The molecular weight excluding hydrogens is 340 g/mol. The van der Waals surface area contributed by atoms with Crippen LogP contribution >= 0.6 is 0 Å². The molecule has 1 saturated heterocycles. The molecule has 0 aromatic heterocycles. The number of carbonyl (C=O) groups is 1. The molecule has 1 heterocycles. The van der Waals surface area contributed by atoms with E-state index in [0.29, 0.717) is 31.2 Å². The minimum absolute atomic E-state index is 0.0118. The maximum Gasteiger partial charge on any atom is 0.253 e. The van der Waals surface area contributed by atoms with E-state index in [1.807, 2.05) is 0 Å². The Hall–Kier alpha value is -1.44. The zero-order valence-corrected chi connectivity index (χ0v) is 15.4. The first-order valence-corrected chi connectivity index (χ1v) is 10.4. The number of nitrogens with zero attached hydrogens (tertiary/aromatic N) is 1. The molecule has 0 unspecified atom stereocenters. The van der Waals surface area contributed by atoms with E-state index in [1.165, 1.54) is 6.07 Å². The zero-order chi connectivity index (χ0) is 17.9. The van der Waals surface area contributed by atoms with Gasteiger partial charge in [-0.3, -0.25) is 4.79 Å². The van der Waals surface area contributed by atoms with Gasteiger partial charge in [0.05, 0.1) is 11.5 Å². The second-order valence-electron chi connectivity index (χ2n) is 6.99. The van der Waals surface area contributed by atoms with Crippen molar-refractivity contribution < 1.29 is 17.9 Å². The fourth-order valence-electron chi connectivity index (χ4n) is 3.70. The molecule has 1 aromatic rings. The quantitative estimate of drug-likeness (QED) is 0.836. The van der Waals surface area contributed by atoms with Crippen molar-refractivity contribution in [3.63, 3.8) is 0 Å². The summed E-state index contributed by atoms with van der Waals surface area (Å²) in [5, 5.41) is 0. The summed E-state index contributed by atoms with van der Waals surface area (Å²) < 4.78 is 33.1. The number of benzene rings is 1. The Morgan fingerprint density at radius 3 is 2.76 bits per heavy atom. The first-order chi connectivity index (χ1) is 12.0. The highest BCUT2D eigenvalue weighted by Crippen LogP contribution is 2.22. The van der Waals surface area contributed by atoms with Crippen LogP contribution in [0, 0.1) is 5.92 Å². The van der Waals surface area contributed by atoms with Crippen LogP contribution in [0.2, 0.25) is 0 Å². The molecular formula is C18H26N2O4S. The molecule has 1 N–H and O–H groups in total. The molecule has 6 nitrogen and oxygen atoms in total. The van der Waals surface area contributed by atoms with Gasteiger partial charge in [-0.2, -0.15) is 0 Å². The highest BCUT2D eigenvalue weighted by molar-refractivity contribution is 7.89. The number of rotatable bonds is 6. The van der Waals surface area contributed by atoms with E-state index in [4.69, 9.17) is 4.74 Å². The topological polar surface area (TPSA) is 75.7 Å². The summed E-state index contributed by atoms with van der Waals surface area (Å²) in [4.78, 5) is 14.6. The molecule has 0 spiro atoms. The van der Waals surface area contributed by atoms with Gasteiger partial charge in [-0.15, -0.1) is 0 Å². The molecule has 3 rings (SSSR count). The summed E-state index contributed by atoms with van der Waals surface area (Å²) in [7, 11) is -1.92. The fraction of sp³-hybridized carbons (Fsp3) is 0.611. The van der Waals surface area contributed by atoms with Gasteiger partial charge in [0.2, 0.25) is 10.0 Å². The largest absolute Gasteiger partial charge is 0.384 e. The second-order valence-corrected chi connectivity index (χ2v) is 8.71. The number of carbonyl (C=O) groups excluding carboxylic acids is 1. The van der Waals surface area contributed by atoms with Crippen molar-refractivity contribution in [1.29, 1.82) is 0 Å². The average Bonchev–Trinajstić information content (AvgIpc) is 3.26. The third-order valence-corrected chi connectivity index (χ3v) is 6.56. The minimum atomic E-state index is -3.58. The normalized spacial score (nSPS) is 21.8. The predicted molar refractivity (Wildman–Crippen MR) is 94.9 cm³/mol. The first-order valence-electron chi connectivity index (χ1n) is 8.90. The monoisotopic (exact) mass is 366 g/mol. The van der Waals surface area contributed by atoms with Crippen molar-refractivity contribution >= 4 is 15.9 Å². The van der Waals surface area contributed by atoms with Crippen LogP contribution in [0.3, 0.4) is 0 Å². The zero-order valence-electron chi connectivity index (χ0n) is 14.6. The molecule has 0 radical (unpaired) electrons. The molecule has 1 aromatic carbocycles. The molecule has 7 heteroatoms. The van der Waals surface area contributed by atoms with E-state index in [-0.39, 0.29) is 16.8 Å². The fourth-order valence-corrected chi connectivity index (χ4v) is 5.05. The van der Waals surface area contributed by atoms with Crippen molar-refractivity contribution in [2.45, 2.75) is 43.0 Å². The van der Waals surface area contributed by atoms with Gasteiger partial charge in [-0.25, -0.2) is 13.1 Å². The smallest absolute Gasteiger partial charge is 0.253 e. The first kappa shape index (κ1) is 18.4. The Kier molecular flexibility index (Phi) is 5.76. The molecule has 25 heavy (non-hydrogen) atoms. The van der Waals surface area contributed by atoms with Gasteiger partial charge in [-0.1, -0.05) is 18.9 Å². The van der Waals surface area contributed by atoms with E-state index in [2.05, 4.69) is 4.72 Å². The lowest BCUT2D eigenvalue weighted by atomic mass is 10.1. The van der Waals surface area contributed by atoms with Gasteiger partial charge in [0, 0.05) is 37.7 Å². The lowest BCUT2D eigenvalue weighted by molar-refractivity contribution is 0.0775. The van der Waals surface area contributed by atoms with Gasteiger partial charge in [0.15, 0.2) is 0 Å². The Morgan fingerprint density at radius 1 is 1.28 bits per heavy atom. The van der Waals surface area contributed by atoms with Crippen molar-refractivity contribution in [3.8, 4) is 0 Å². The molecule has 0 bridgehead atoms. The summed E-state index contributed by atoms with van der Waals surface area (Å²) in [6.45, 7) is 1.98. The molecule has 1 amide bonds. The third kappa shape index (κ3) is 4.40.